The van der Waals surface area contributed by atoms with Crippen molar-refractivity contribution in [2.45, 2.75) is 32.0 Å². The minimum absolute atomic E-state index is 0.243. The van der Waals surface area contributed by atoms with Gasteiger partial charge in [-0.05, 0) is 36.5 Å². The van der Waals surface area contributed by atoms with E-state index in [0.29, 0.717) is 30.0 Å². The Morgan fingerprint density at radius 2 is 1.86 bits per heavy atom. The Morgan fingerprint density at radius 3 is 2.45 bits per heavy atom. The number of carbonyl (C=O) groups is 1. The maximum absolute atomic E-state index is 12.6. The van der Waals surface area contributed by atoms with Gasteiger partial charge in [0.25, 0.3) is 5.91 Å². The Labute approximate surface area is 126 Å². The van der Waals surface area contributed by atoms with Crippen LogP contribution in [-0.4, -0.2) is 28.5 Å². The molecule has 1 N–H and O–H groups in total. The smallest absolute Gasteiger partial charge is 0.416 e. The lowest BCUT2D eigenvalue weighted by Gasteiger charge is -2.34. The van der Waals surface area contributed by atoms with Gasteiger partial charge in [0.1, 0.15) is 0 Å². The van der Waals surface area contributed by atoms with Crippen LogP contribution in [0.2, 0.25) is 0 Å². The van der Waals surface area contributed by atoms with Gasteiger partial charge < -0.3 is 10.0 Å². The molecular weight excluding hydrogens is 295 g/mol. The predicted molar refractivity (Wildman–Crippen MR) is 74.9 cm³/mol. The van der Waals surface area contributed by atoms with Gasteiger partial charge in [0.2, 0.25) is 0 Å². The Hall–Kier alpha value is -1.98. The molecule has 2 heterocycles. The van der Waals surface area contributed by atoms with Crippen LogP contribution < -0.4 is 0 Å². The highest BCUT2D eigenvalue weighted by molar-refractivity contribution is 6.05. The molecular formula is C16H16F3NO2. The van der Waals surface area contributed by atoms with E-state index in [0.717, 1.165) is 18.6 Å². The molecule has 6 heteroatoms. The molecule has 1 amide bonds. The second-order valence-electron chi connectivity index (χ2n) is 5.98. The first-order valence-corrected chi connectivity index (χ1v) is 7.20. The molecule has 1 fully saturated rings. The number of hydrogen-bond donors (Lipinski definition) is 1. The molecule has 22 heavy (non-hydrogen) atoms. The number of rotatable bonds is 1. The maximum atomic E-state index is 12.6. The Kier molecular flexibility index (Phi) is 3.42. The van der Waals surface area contributed by atoms with Gasteiger partial charge in [-0.15, -0.1) is 0 Å². The van der Waals surface area contributed by atoms with Gasteiger partial charge in [-0.3, -0.25) is 4.79 Å². The predicted octanol–water partition coefficient (Wildman–Crippen LogP) is 3.62. The topological polar surface area (TPSA) is 40.5 Å². The van der Waals surface area contributed by atoms with E-state index in [1.54, 1.807) is 4.90 Å². The van der Waals surface area contributed by atoms with E-state index >= 15 is 0 Å². The zero-order valence-corrected chi connectivity index (χ0v) is 12.0. The lowest BCUT2D eigenvalue weighted by atomic mass is 9.87. The molecule has 1 aromatic rings. The van der Waals surface area contributed by atoms with Crippen LogP contribution >= 0.6 is 0 Å². The van der Waals surface area contributed by atoms with Gasteiger partial charge >= 0.3 is 6.18 Å². The number of carbonyl (C=O) groups excluding carboxylic acids is 1. The number of benzene rings is 1. The van der Waals surface area contributed by atoms with Crippen LogP contribution in [-0.2, 0) is 11.0 Å². The first-order valence-electron chi connectivity index (χ1n) is 7.20. The quantitative estimate of drug-likeness (QED) is 0.860. The highest BCUT2D eigenvalue weighted by atomic mass is 19.4. The van der Waals surface area contributed by atoms with Crippen LogP contribution in [0.5, 0.6) is 0 Å². The fraction of sp³-hybridized carbons (Fsp3) is 0.438. The van der Waals surface area contributed by atoms with Gasteiger partial charge in [-0.2, -0.15) is 13.2 Å². The monoisotopic (exact) mass is 311 g/mol. The number of hydrogen-bond acceptors (Lipinski definition) is 2. The molecule has 3 rings (SSSR count). The standard InChI is InChI=1S/C16H16F3NO2/c1-9-6-7-20-12(8-9)13(14(21)15(20)22)10-2-4-11(5-3-10)16(17,18)19/h2-5,9,12,21H,6-8H2,1H3. The van der Waals surface area contributed by atoms with Crippen molar-refractivity contribution in [3.8, 4) is 0 Å². The number of alkyl halides is 3. The van der Waals surface area contributed by atoms with Gasteiger partial charge in [0, 0.05) is 12.1 Å². The summed E-state index contributed by atoms with van der Waals surface area (Å²) < 4.78 is 37.9. The average molecular weight is 311 g/mol. The molecule has 0 radical (unpaired) electrons. The minimum atomic E-state index is -4.40. The van der Waals surface area contributed by atoms with Gasteiger partial charge in [0.05, 0.1) is 11.6 Å². The molecule has 2 aliphatic heterocycles. The van der Waals surface area contributed by atoms with E-state index in [1.807, 2.05) is 0 Å². The maximum Gasteiger partial charge on any atom is 0.416 e. The van der Waals surface area contributed by atoms with Crippen LogP contribution in [0, 0.1) is 5.92 Å². The van der Waals surface area contributed by atoms with Crippen LogP contribution in [0.3, 0.4) is 0 Å². The summed E-state index contributed by atoms with van der Waals surface area (Å²) in [7, 11) is 0. The van der Waals surface area contributed by atoms with Gasteiger partial charge in [-0.25, -0.2) is 0 Å². The molecule has 1 saturated heterocycles. The highest BCUT2D eigenvalue weighted by Crippen LogP contribution is 2.40. The number of aliphatic hydroxyl groups excluding tert-OH is 1. The summed E-state index contributed by atoms with van der Waals surface area (Å²) in [6.45, 7) is 2.64. The van der Waals surface area contributed by atoms with E-state index in [1.165, 1.54) is 12.1 Å². The van der Waals surface area contributed by atoms with Gasteiger partial charge in [-0.1, -0.05) is 19.1 Å². The lowest BCUT2D eigenvalue weighted by molar-refractivity contribution is -0.137. The molecule has 0 bridgehead atoms. The summed E-state index contributed by atoms with van der Waals surface area (Å²) in [6.07, 6.45) is -2.81. The Bertz CT molecular complexity index is 634. The molecule has 0 aromatic heterocycles. The first kappa shape index (κ1) is 14.9. The summed E-state index contributed by atoms with van der Waals surface area (Å²) in [4.78, 5) is 13.7. The fourth-order valence-corrected chi connectivity index (χ4v) is 3.24. The number of amides is 1. The zero-order valence-electron chi connectivity index (χ0n) is 12.0. The molecule has 0 spiro atoms. The Morgan fingerprint density at radius 1 is 1.23 bits per heavy atom. The summed E-state index contributed by atoms with van der Waals surface area (Å²) in [5, 5.41) is 10.1. The van der Waals surface area contributed by atoms with E-state index in [4.69, 9.17) is 0 Å². The fourth-order valence-electron chi connectivity index (χ4n) is 3.24. The SMILES string of the molecule is CC1CCN2C(=O)C(O)=C(c3ccc(C(F)(F)F)cc3)C2C1. The van der Waals surface area contributed by atoms with Crippen LogP contribution in [0.25, 0.3) is 5.57 Å². The molecule has 1 aromatic carbocycles. The van der Waals surface area contributed by atoms with Crippen molar-refractivity contribution in [2.75, 3.05) is 6.54 Å². The minimum Gasteiger partial charge on any atom is -0.503 e. The molecule has 3 nitrogen and oxygen atoms in total. The number of halogens is 3. The van der Waals surface area contributed by atoms with Crippen molar-refractivity contribution in [1.82, 2.24) is 4.90 Å². The van der Waals surface area contributed by atoms with Crippen LogP contribution in [0.1, 0.15) is 30.9 Å². The number of nitrogens with zero attached hydrogens (tertiary/aromatic N) is 1. The third kappa shape index (κ3) is 2.36. The number of aliphatic hydroxyl groups is 1. The summed E-state index contributed by atoms with van der Waals surface area (Å²) in [5.74, 6) is -0.352. The highest BCUT2D eigenvalue weighted by Gasteiger charge is 2.42. The molecule has 2 atom stereocenters. The van der Waals surface area contributed by atoms with Crippen molar-refractivity contribution in [1.29, 1.82) is 0 Å². The summed E-state index contributed by atoms with van der Waals surface area (Å²) >= 11 is 0. The van der Waals surface area contributed by atoms with Crippen LogP contribution in [0.15, 0.2) is 30.0 Å². The Balaban J connectivity index is 1.97. The molecule has 0 aliphatic carbocycles. The van der Waals surface area contributed by atoms with Crippen molar-refractivity contribution < 1.29 is 23.1 Å². The van der Waals surface area contributed by atoms with Crippen molar-refractivity contribution in [2.24, 2.45) is 5.92 Å². The molecule has 2 aliphatic rings. The number of piperidine rings is 1. The second-order valence-corrected chi connectivity index (χ2v) is 5.98. The second kappa shape index (κ2) is 5.04. The van der Waals surface area contributed by atoms with Crippen molar-refractivity contribution in [3.05, 3.63) is 41.2 Å². The normalized spacial score (nSPS) is 25.6. The largest absolute Gasteiger partial charge is 0.503 e. The summed E-state index contributed by atoms with van der Waals surface area (Å²) in [5.41, 5.74) is 0.181. The third-order valence-corrected chi connectivity index (χ3v) is 4.44. The van der Waals surface area contributed by atoms with Crippen molar-refractivity contribution >= 4 is 11.5 Å². The van der Waals surface area contributed by atoms with E-state index in [2.05, 4.69) is 6.92 Å². The molecule has 118 valence electrons. The zero-order chi connectivity index (χ0) is 16.1. The van der Waals surface area contributed by atoms with E-state index in [-0.39, 0.29) is 11.8 Å². The summed E-state index contributed by atoms with van der Waals surface area (Å²) in [6, 6.07) is 4.37. The molecule has 0 saturated carbocycles. The van der Waals surface area contributed by atoms with E-state index in [9.17, 15) is 23.1 Å². The van der Waals surface area contributed by atoms with E-state index < -0.39 is 17.6 Å². The lowest BCUT2D eigenvalue weighted by Crippen LogP contribution is -2.41. The third-order valence-electron chi connectivity index (χ3n) is 4.44. The number of fused-ring (bicyclic) bond motifs is 1. The van der Waals surface area contributed by atoms with Crippen LogP contribution in [0.4, 0.5) is 13.2 Å². The first-order chi connectivity index (χ1) is 10.3. The average Bonchev–Trinajstić information content (AvgIpc) is 2.70. The van der Waals surface area contributed by atoms with Crippen molar-refractivity contribution in [3.63, 3.8) is 0 Å². The molecule has 2 unspecified atom stereocenters. The van der Waals surface area contributed by atoms with Gasteiger partial charge in [0.15, 0.2) is 5.76 Å².